The van der Waals surface area contributed by atoms with E-state index in [0.717, 1.165) is 5.56 Å². The minimum atomic E-state index is -0.646. The Kier molecular flexibility index (Phi) is 7.98. The molecule has 7 heteroatoms. The van der Waals surface area contributed by atoms with E-state index in [9.17, 15) is 14.4 Å². The lowest BCUT2D eigenvalue weighted by atomic mass is 10.2. The number of ether oxygens (including phenoxy) is 2. The van der Waals surface area contributed by atoms with Crippen molar-refractivity contribution in [2.24, 2.45) is 0 Å². The number of hydrogen-bond acceptors (Lipinski definition) is 5. The van der Waals surface area contributed by atoms with Crippen molar-refractivity contribution in [3.8, 4) is 0 Å². The lowest BCUT2D eigenvalue weighted by molar-refractivity contribution is -0.134. The monoisotopic (exact) mass is 412 g/mol. The molecule has 2 amide bonds. The zero-order chi connectivity index (χ0) is 22.1. The van der Waals surface area contributed by atoms with Crippen molar-refractivity contribution in [3.63, 3.8) is 0 Å². The Morgan fingerprint density at radius 1 is 1.00 bits per heavy atom. The van der Waals surface area contributed by atoms with Crippen LogP contribution < -0.4 is 5.32 Å². The Bertz CT molecular complexity index is 875. The summed E-state index contributed by atoms with van der Waals surface area (Å²) >= 11 is 0. The van der Waals surface area contributed by atoms with E-state index in [2.05, 4.69) is 5.32 Å². The number of nitrogens with zero attached hydrogens (tertiary/aromatic N) is 1. The number of carbonyl (C=O) groups excluding carboxylic acids is 3. The SMILES string of the molecule is CCN(Cc1ccccc1)C(=O)COC(=O)c1cccc(NC(=O)OC(C)(C)C)c1. The highest BCUT2D eigenvalue weighted by Gasteiger charge is 2.18. The number of esters is 1. The van der Waals surface area contributed by atoms with Crippen LogP contribution in [0.25, 0.3) is 0 Å². The molecule has 0 aromatic heterocycles. The van der Waals surface area contributed by atoms with Gasteiger partial charge in [-0.15, -0.1) is 0 Å². The molecule has 0 atom stereocenters. The third-order valence-electron chi connectivity index (χ3n) is 4.02. The van der Waals surface area contributed by atoms with Crippen LogP contribution in [0.3, 0.4) is 0 Å². The average Bonchev–Trinajstić information content (AvgIpc) is 2.69. The number of nitrogens with one attached hydrogen (secondary N) is 1. The van der Waals surface area contributed by atoms with Crippen LogP contribution in [-0.2, 0) is 20.8 Å². The zero-order valence-electron chi connectivity index (χ0n) is 17.8. The minimum Gasteiger partial charge on any atom is -0.452 e. The van der Waals surface area contributed by atoms with Gasteiger partial charge >= 0.3 is 12.1 Å². The van der Waals surface area contributed by atoms with E-state index < -0.39 is 17.7 Å². The molecule has 160 valence electrons. The van der Waals surface area contributed by atoms with Crippen LogP contribution in [0.15, 0.2) is 54.6 Å². The van der Waals surface area contributed by atoms with Crippen LogP contribution in [0.1, 0.15) is 43.6 Å². The molecule has 0 saturated heterocycles. The molecule has 0 bridgehead atoms. The maximum absolute atomic E-state index is 12.4. The van der Waals surface area contributed by atoms with Crippen LogP contribution in [-0.4, -0.2) is 41.6 Å². The normalized spacial score (nSPS) is 10.8. The summed E-state index contributed by atoms with van der Waals surface area (Å²) in [5, 5.41) is 2.57. The molecule has 0 saturated carbocycles. The number of hydrogen-bond donors (Lipinski definition) is 1. The minimum absolute atomic E-state index is 0.225. The summed E-state index contributed by atoms with van der Waals surface area (Å²) in [7, 11) is 0. The standard InChI is InChI=1S/C23H28N2O5/c1-5-25(15-17-10-7-6-8-11-17)20(26)16-29-21(27)18-12-9-13-19(14-18)24-22(28)30-23(2,3)4/h6-14H,5,15-16H2,1-4H3,(H,24,28). The van der Waals surface area contributed by atoms with Crippen LogP contribution in [0, 0.1) is 0 Å². The molecular formula is C23H28N2O5. The maximum atomic E-state index is 12.4. The summed E-state index contributed by atoms with van der Waals surface area (Å²) in [5.74, 6) is -0.926. The van der Waals surface area contributed by atoms with Gasteiger partial charge in [-0.3, -0.25) is 10.1 Å². The molecule has 0 aliphatic rings. The lowest BCUT2D eigenvalue weighted by Crippen LogP contribution is -2.34. The molecule has 2 aromatic rings. The molecule has 2 rings (SSSR count). The topological polar surface area (TPSA) is 84.9 Å². The Morgan fingerprint density at radius 2 is 1.70 bits per heavy atom. The summed E-state index contributed by atoms with van der Waals surface area (Å²) in [5.41, 5.74) is 0.984. The highest BCUT2D eigenvalue weighted by Crippen LogP contribution is 2.14. The van der Waals surface area contributed by atoms with Gasteiger partial charge in [0.2, 0.25) is 0 Å². The van der Waals surface area contributed by atoms with Crippen LogP contribution in [0.5, 0.6) is 0 Å². The van der Waals surface area contributed by atoms with E-state index in [-0.39, 0.29) is 18.1 Å². The molecule has 0 heterocycles. The number of anilines is 1. The number of rotatable bonds is 7. The Labute approximate surface area is 177 Å². The zero-order valence-corrected chi connectivity index (χ0v) is 17.8. The molecule has 2 aromatic carbocycles. The summed E-state index contributed by atoms with van der Waals surface area (Å²) in [6.45, 7) is 7.74. The highest BCUT2D eigenvalue weighted by atomic mass is 16.6. The van der Waals surface area contributed by atoms with E-state index in [1.807, 2.05) is 37.3 Å². The smallest absolute Gasteiger partial charge is 0.412 e. The van der Waals surface area contributed by atoms with Gasteiger partial charge < -0.3 is 14.4 Å². The van der Waals surface area contributed by atoms with E-state index in [1.165, 1.54) is 6.07 Å². The van der Waals surface area contributed by atoms with E-state index in [0.29, 0.717) is 18.8 Å². The second-order valence-corrected chi connectivity index (χ2v) is 7.68. The van der Waals surface area contributed by atoms with Crippen molar-refractivity contribution < 1.29 is 23.9 Å². The highest BCUT2D eigenvalue weighted by molar-refractivity contribution is 5.93. The molecule has 0 spiro atoms. The van der Waals surface area contributed by atoms with Gasteiger partial charge in [-0.1, -0.05) is 36.4 Å². The van der Waals surface area contributed by atoms with Gasteiger partial charge in [-0.25, -0.2) is 9.59 Å². The quantitative estimate of drug-likeness (QED) is 0.688. The number of likely N-dealkylation sites (N-methyl/N-ethyl adjacent to an activating group) is 1. The van der Waals surface area contributed by atoms with Gasteiger partial charge in [0.15, 0.2) is 6.61 Å². The fourth-order valence-corrected chi connectivity index (χ4v) is 2.63. The third-order valence-corrected chi connectivity index (χ3v) is 4.02. The third kappa shape index (κ3) is 7.58. The summed E-state index contributed by atoms with van der Waals surface area (Å²) in [6, 6.07) is 15.9. The maximum Gasteiger partial charge on any atom is 0.412 e. The van der Waals surface area contributed by atoms with Crippen molar-refractivity contribution in [2.75, 3.05) is 18.5 Å². The van der Waals surface area contributed by atoms with Crippen molar-refractivity contribution in [2.45, 2.75) is 39.8 Å². The van der Waals surface area contributed by atoms with Crippen LogP contribution in [0.2, 0.25) is 0 Å². The van der Waals surface area contributed by atoms with Gasteiger partial charge in [0.05, 0.1) is 5.56 Å². The predicted octanol–water partition coefficient (Wildman–Crippen LogP) is 4.24. The van der Waals surface area contributed by atoms with Crippen LogP contribution >= 0.6 is 0 Å². The van der Waals surface area contributed by atoms with Crippen molar-refractivity contribution in [1.29, 1.82) is 0 Å². The summed E-state index contributed by atoms with van der Waals surface area (Å²) < 4.78 is 10.4. The molecule has 1 N–H and O–H groups in total. The van der Waals surface area contributed by atoms with Gasteiger partial charge in [0, 0.05) is 18.8 Å². The molecule has 7 nitrogen and oxygen atoms in total. The molecule has 30 heavy (non-hydrogen) atoms. The second kappa shape index (κ2) is 10.4. The molecule has 0 fully saturated rings. The first-order valence-electron chi connectivity index (χ1n) is 9.77. The first-order chi connectivity index (χ1) is 14.2. The molecule has 0 radical (unpaired) electrons. The Hall–Kier alpha value is -3.35. The number of carbonyl (C=O) groups is 3. The van der Waals surface area contributed by atoms with Crippen molar-refractivity contribution in [3.05, 3.63) is 65.7 Å². The van der Waals surface area contributed by atoms with Crippen molar-refractivity contribution >= 4 is 23.7 Å². The van der Waals surface area contributed by atoms with Gasteiger partial charge in [-0.2, -0.15) is 0 Å². The van der Waals surface area contributed by atoms with Gasteiger partial charge in [0.1, 0.15) is 5.60 Å². The van der Waals surface area contributed by atoms with E-state index in [4.69, 9.17) is 9.47 Å². The second-order valence-electron chi connectivity index (χ2n) is 7.68. The largest absolute Gasteiger partial charge is 0.452 e. The summed E-state index contributed by atoms with van der Waals surface area (Å²) in [4.78, 5) is 38.3. The molecular weight excluding hydrogens is 384 g/mol. The number of benzene rings is 2. The average molecular weight is 412 g/mol. The fourth-order valence-electron chi connectivity index (χ4n) is 2.63. The van der Waals surface area contributed by atoms with E-state index in [1.54, 1.807) is 43.9 Å². The predicted molar refractivity (Wildman–Crippen MR) is 114 cm³/mol. The summed E-state index contributed by atoms with van der Waals surface area (Å²) in [6.07, 6.45) is -0.623. The van der Waals surface area contributed by atoms with Crippen molar-refractivity contribution in [1.82, 2.24) is 4.90 Å². The molecule has 0 aliphatic heterocycles. The van der Waals surface area contributed by atoms with Crippen LogP contribution in [0.4, 0.5) is 10.5 Å². The lowest BCUT2D eigenvalue weighted by Gasteiger charge is -2.21. The Morgan fingerprint density at radius 3 is 2.33 bits per heavy atom. The van der Waals surface area contributed by atoms with Gasteiger partial charge in [0.25, 0.3) is 5.91 Å². The first kappa shape index (κ1) is 22.9. The fraction of sp³-hybridized carbons (Fsp3) is 0.348. The number of amides is 2. The van der Waals surface area contributed by atoms with E-state index >= 15 is 0 Å². The molecule has 0 unspecified atom stereocenters. The Balaban J connectivity index is 1.92. The first-order valence-corrected chi connectivity index (χ1v) is 9.77. The van der Waals surface area contributed by atoms with Gasteiger partial charge in [-0.05, 0) is 51.5 Å². The molecule has 0 aliphatic carbocycles.